The number of tetrazole rings is 1. The molecule has 2 heterocycles. The van der Waals surface area contributed by atoms with Crippen LogP contribution in [0, 0.1) is 0 Å². The molecule has 0 aliphatic carbocycles. The van der Waals surface area contributed by atoms with E-state index in [0.29, 0.717) is 5.82 Å². The van der Waals surface area contributed by atoms with Gasteiger partial charge in [0.1, 0.15) is 0 Å². The molecule has 0 amide bonds. The van der Waals surface area contributed by atoms with Crippen LogP contribution in [0.5, 0.6) is 0 Å². The number of hydrazone groups is 1. The Labute approximate surface area is 246 Å². The summed E-state index contributed by atoms with van der Waals surface area (Å²) in [6, 6.07) is 41.5. The first-order valence-electron chi connectivity index (χ1n) is 14.1. The first-order chi connectivity index (χ1) is 20.8. The second kappa shape index (κ2) is 12.4. The lowest BCUT2D eigenvalue weighted by Crippen LogP contribution is -2.39. The van der Waals surface area contributed by atoms with Crippen molar-refractivity contribution in [3.63, 3.8) is 0 Å². The number of hydrogen-bond donors (Lipinski definition) is 1. The summed E-state index contributed by atoms with van der Waals surface area (Å²) in [5.74, 6) is 0.749. The summed E-state index contributed by atoms with van der Waals surface area (Å²) in [6.45, 7) is 2.77. The van der Waals surface area contributed by atoms with Crippen LogP contribution in [-0.4, -0.2) is 32.5 Å². The molecule has 206 valence electrons. The SMILES string of the molecule is C\C=C/C(=C\C=C\C1=NNCC1c1ccccc1)c1nnn(C(c2ccccc2)(c2ccccc2)c2ccccc2)n1. The Morgan fingerprint density at radius 3 is 1.88 bits per heavy atom. The van der Waals surface area contributed by atoms with Gasteiger partial charge in [0.2, 0.25) is 5.82 Å². The summed E-state index contributed by atoms with van der Waals surface area (Å²) in [7, 11) is 0. The molecule has 1 aliphatic rings. The molecule has 0 saturated carbocycles. The predicted molar refractivity (Wildman–Crippen MR) is 169 cm³/mol. The predicted octanol–water partition coefficient (Wildman–Crippen LogP) is 6.77. The van der Waals surface area contributed by atoms with Crippen LogP contribution >= 0.6 is 0 Å². The van der Waals surface area contributed by atoms with E-state index >= 15 is 0 Å². The maximum atomic E-state index is 5.04. The van der Waals surface area contributed by atoms with Crippen molar-refractivity contribution in [2.45, 2.75) is 18.4 Å². The van der Waals surface area contributed by atoms with Crippen molar-refractivity contribution in [3.05, 3.63) is 180 Å². The third-order valence-corrected chi connectivity index (χ3v) is 7.50. The number of allylic oxidation sites excluding steroid dienone is 6. The number of rotatable bonds is 9. The first kappa shape index (κ1) is 26.8. The van der Waals surface area contributed by atoms with Gasteiger partial charge in [0.05, 0.1) is 5.71 Å². The second-order valence-corrected chi connectivity index (χ2v) is 10.1. The highest BCUT2D eigenvalue weighted by Crippen LogP contribution is 2.39. The summed E-state index contributed by atoms with van der Waals surface area (Å²) in [5, 5.41) is 18.9. The first-order valence-corrected chi connectivity index (χ1v) is 14.1. The van der Waals surface area contributed by atoms with Crippen molar-refractivity contribution >= 4 is 11.3 Å². The molecular formula is C36H32N6. The van der Waals surface area contributed by atoms with Gasteiger partial charge in [-0.15, -0.1) is 15.0 Å². The molecule has 0 saturated heterocycles. The van der Waals surface area contributed by atoms with Crippen LogP contribution in [0.25, 0.3) is 5.57 Å². The molecular weight excluding hydrogens is 516 g/mol. The zero-order chi connectivity index (χ0) is 28.6. The number of nitrogens with zero attached hydrogens (tertiary/aromatic N) is 5. The molecule has 1 unspecified atom stereocenters. The molecule has 5 aromatic rings. The highest BCUT2D eigenvalue weighted by Gasteiger charge is 2.41. The third-order valence-electron chi connectivity index (χ3n) is 7.50. The second-order valence-electron chi connectivity index (χ2n) is 10.1. The maximum Gasteiger partial charge on any atom is 0.204 e. The molecule has 0 fully saturated rings. The van der Waals surface area contributed by atoms with Crippen molar-refractivity contribution in [2.75, 3.05) is 6.54 Å². The van der Waals surface area contributed by atoms with E-state index in [2.05, 4.69) is 81.5 Å². The molecule has 1 aliphatic heterocycles. The summed E-state index contributed by atoms with van der Waals surface area (Å²) >= 11 is 0. The zero-order valence-corrected chi connectivity index (χ0v) is 23.5. The van der Waals surface area contributed by atoms with Crippen LogP contribution < -0.4 is 5.43 Å². The van der Waals surface area contributed by atoms with Gasteiger partial charge in [-0.1, -0.05) is 146 Å². The minimum absolute atomic E-state index is 0.211. The number of hydrogen-bond acceptors (Lipinski definition) is 5. The van der Waals surface area contributed by atoms with Crippen molar-refractivity contribution in [2.24, 2.45) is 5.10 Å². The van der Waals surface area contributed by atoms with Gasteiger partial charge >= 0.3 is 0 Å². The van der Waals surface area contributed by atoms with Crippen LogP contribution in [-0.2, 0) is 5.54 Å². The summed E-state index contributed by atoms with van der Waals surface area (Å²) < 4.78 is 0. The summed E-state index contributed by atoms with van der Waals surface area (Å²) in [4.78, 5) is 1.75. The Morgan fingerprint density at radius 2 is 1.33 bits per heavy atom. The van der Waals surface area contributed by atoms with E-state index in [1.54, 1.807) is 4.80 Å². The van der Waals surface area contributed by atoms with Crippen LogP contribution in [0.15, 0.2) is 157 Å². The number of aromatic nitrogens is 4. The monoisotopic (exact) mass is 548 g/mol. The molecule has 0 bridgehead atoms. The van der Waals surface area contributed by atoms with E-state index in [0.717, 1.165) is 34.5 Å². The molecule has 42 heavy (non-hydrogen) atoms. The van der Waals surface area contributed by atoms with E-state index in [4.69, 9.17) is 5.10 Å². The van der Waals surface area contributed by atoms with Gasteiger partial charge in [-0.3, -0.25) is 0 Å². The minimum atomic E-state index is -0.820. The number of benzene rings is 4. The normalized spacial score (nSPS) is 15.7. The Balaban J connectivity index is 1.42. The van der Waals surface area contributed by atoms with Crippen molar-refractivity contribution in [1.29, 1.82) is 0 Å². The van der Waals surface area contributed by atoms with E-state index in [1.165, 1.54) is 5.56 Å². The van der Waals surface area contributed by atoms with Gasteiger partial charge in [-0.2, -0.15) is 5.10 Å². The average Bonchev–Trinajstić information content (AvgIpc) is 3.74. The molecule has 0 radical (unpaired) electrons. The van der Waals surface area contributed by atoms with Gasteiger partial charge in [0, 0.05) is 18.0 Å². The van der Waals surface area contributed by atoms with Gasteiger partial charge in [-0.05, 0) is 40.5 Å². The van der Waals surface area contributed by atoms with Gasteiger partial charge in [0.25, 0.3) is 0 Å². The van der Waals surface area contributed by atoms with Crippen LogP contribution in [0.3, 0.4) is 0 Å². The lowest BCUT2D eigenvalue weighted by atomic mass is 9.77. The lowest BCUT2D eigenvalue weighted by Gasteiger charge is -2.34. The van der Waals surface area contributed by atoms with E-state index < -0.39 is 5.54 Å². The quantitative estimate of drug-likeness (QED) is 0.163. The van der Waals surface area contributed by atoms with Crippen LogP contribution in [0.1, 0.15) is 40.9 Å². The standard InChI is InChI=1S/C36H32N6/c1-2-16-29(19-15-26-34-33(27-37-38-34)28-17-7-3-8-18-28)35-39-41-42(40-35)36(30-20-9-4-10-21-30,31-22-11-5-12-23-31)32-24-13-6-14-25-32/h2-26,33,37H,27H2,1H3/b16-2-,26-15+,29-19+. The van der Waals surface area contributed by atoms with Crippen LogP contribution in [0.2, 0.25) is 0 Å². The van der Waals surface area contributed by atoms with Crippen molar-refractivity contribution in [1.82, 2.24) is 25.6 Å². The molecule has 1 aromatic heterocycles. The van der Waals surface area contributed by atoms with Gasteiger partial charge in [-0.25, -0.2) is 0 Å². The van der Waals surface area contributed by atoms with E-state index in [9.17, 15) is 0 Å². The largest absolute Gasteiger partial charge is 0.309 e. The minimum Gasteiger partial charge on any atom is -0.309 e. The molecule has 1 N–H and O–H groups in total. The Hall–Kier alpha value is -5.36. The highest BCUT2D eigenvalue weighted by atomic mass is 15.6. The Bertz CT molecular complexity index is 1620. The van der Waals surface area contributed by atoms with Crippen LogP contribution in [0.4, 0.5) is 0 Å². The van der Waals surface area contributed by atoms with E-state index in [1.807, 2.05) is 98.0 Å². The number of nitrogens with one attached hydrogen (secondary N) is 1. The Morgan fingerprint density at radius 1 is 0.786 bits per heavy atom. The van der Waals surface area contributed by atoms with E-state index in [-0.39, 0.29) is 5.92 Å². The fraction of sp³-hybridized carbons (Fsp3) is 0.111. The zero-order valence-electron chi connectivity index (χ0n) is 23.5. The average molecular weight is 549 g/mol. The smallest absolute Gasteiger partial charge is 0.204 e. The lowest BCUT2D eigenvalue weighted by molar-refractivity contribution is 0.395. The van der Waals surface area contributed by atoms with Crippen molar-refractivity contribution < 1.29 is 0 Å². The summed E-state index contributed by atoms with van der Waals surface area (Å²) in [5.41, 5.74) is 8.54. The third kappa shape index (κ3) is 5.22. The van der Waals surface area contributed by atoms with Gasteiger partial charge < -0.3 is 5.43 Å². The highest BCUT2D eigenvalue weighted by molar-refractivity contribution is 6.01. The fourth-order valence-electron chi connectivity index (χ4n) is 5.53. The Kier molecular flexibility index (Phi) is 7.95. The molecule has 6 nitrogen and oxygen atoms in total. The summed E-state index contributed by atoms with van der Waals surface area (Å²) in [6.07, 6.45) is 10.1. The van der Waals surface area contributed by atoms with Gasteiger partial charge in [0.15, 0.2) is 5.54 Å². The topological polar surface area (TPSA) is 68.0 Å². The molecule has 6 rings (SSSR count). The molecule has 6 heteroatoms. The molecule has 1 atom stereocenters. The molecule has 4 aromatic carbocycles. The maximum absolute atomic E-state index is 5.04. The van der Waals surface area contributed by atoms with Crippen molar-refractivity contribution in [3.8, 4) is 0 Å². The molecule has 0 spiro atoms. The fourth-order valence-corrected chi connectivity index (χ4v) is 5.53.